The molecule has 5 heteroatoms. The number of aromatic nitrogens is 2. The summed E-state index contributed by atoms with van der Waals surface area (Å²) in [5.74, 6) is 0.706. The highest BCUT2D eigenvalue weighted by molar-refractivity contribution is 6.28. The number of aryl methyl sites for hydroxylation is 1. The van der Waals surface area contributed by atoms with Crippen LogP contribution in [0.1, 0.15) is 16.7 Å². The third kappa shape index (κ3) is 2.96. The van der Waals surface area contributed by atoms with E-state index in [0.29, 0.717) is 17.9 Å². The van der Waals surface area contributed by atoms with Crippen LogP contribution in [0.2, 0.25) is 5.28 Å². The van der Waals surface area contributed by atoms with E-state index in [9.17, 15) is 0 Å². The molecule has 0 radical (unpaired) electrons. The van der Waals surface area contributed by atoms with Crippen LogP contribution in [0.3, 0.4) is 0 Å². The summed E-state index contributed by atoms with van der Waals surface area (Å²) in [6, 6.07) is 9.53. The van der Waals surface area contributed by atoms with Crippen LogP contribution in [-0.4, -0.2) is 9.97 Å². The first-order valence-corrected chi connectivity index (χ1v) is 5.79. The zero-order valence-electron chi connectivity index (χ0n) is 9.81. The number of anilines is 1. The van der Waals surface area contributed by atoms with E-state index in [-0.39, 0.29) is 5.28 Å². The van der Waals surface area contributed by atoms with Gasteiger partial charge in [-0.2, -0.15) is 5.26 Å². The zero-order chi connectivity index (χ0) is 13.0. The third-order valence-corrected chi connectivity index (χ3v) is 2.64. The van der Waals surface area contributed by atoms with Crippen molar-refractivity contribution in [2.24, 2.45) is 0 Å². The van der Waals surface area contributed by atoms with Gasteiger partial charge in [-0.15, -0.1) is 0 Å². The second-order valence-corrected chi connectivity index (χ2v) is 4.17. The van der Waals surface area contributed by atoms with Gasteiger partial charge in [-0.3, -0.25) is 0 Å². The smallest absolute Gasteiger partial charge is 0.224 e. The molecule has 0 aliphatic heterocycles. The summed E-state index contributed by atoms with van der Waals surface area (Å²) in [5.41, 5.74) is 2.59. The Balaban J connectivity index is 2.11. The van der Waals surface area contributed by atoms with Crippen molar-refractivity contribution in [1.29, 1.82) is 5.26 Å². The monoisotopic (exact) mass is 258 g/mol. The topological polar surface area (TPSA) is 61.6 Å². The molecule has 0 spiro atoms. The highest BCUT2D eigenvalue weighted by atomic mass is 35.5. The molecule has 0 unspecified atom stereocenters. The highest BCUT2D eigenvalue weighted by Gasteiger charge is 2.02. The van der Waals surface area contributed by atoms with Gasteiger partial charge in [0.25, 0.3) is 0 Å². The molecule has 1 aromatic heterocycles. The predicted molar refractivity (Wildman–Crippen MR) is 70.3 cm³/mol. The Morgan fingerprint density at radius 2 is 2.28 bits per heavy atom. The second kappa shape index (κ2) is 5.48. The van der Waals surface area contributed by atoms with Gasteiger partial charge in [0.1, 0.15) is 5.82 Å². The molecule has 0 amide bonds. The molecule has 1 heterocycles. The predicted octanol–water partition coefficient (Wildman–Crippen LogP) is 2.92. The summed E-state index contributed by atoms with van der Waals surface area (Å²) in [4.78, 5) is 8.00. The van der Waals surface area contributed by atoms with E-state index in [0.717, 1.165) is 11.1 Å². The number of hydrogen-bond donors (Lipinski definition) is 1. The van der Waals surface area contributed by atoms with Gasteiger partial charge >= 0.3 is 0 Å². The third-order valence-electron chi connectivity index (χ3n) is 2.46. The molecule has 0 saturated carbocycles. The van der Waals surface area contributed by atoms with Crippen molar-refractivity contribution in [2.75, 3.05) is 5.32 Å². The van der Waals surface area contributed by atoms with Crippen LogP contribution < -0.4 is 5.32 Å². The molecular formula is C13H11ClN4. The Bertz CT molecular complexity index is 604. The number of benzene rings is 1. The maximum atomic E-state index is 8.82. The Hall–Kier alpha value is -2.12. The summed E-state index contributed by atoms with van der Waals surface area (Å²) in [5, 5.41) is 12.2. The van der Waals surface area contributed by atoms with E-state index in [1.165, 1.54) is 0 Å². The molecule has 0 aliphatic carbocycles. The number of halogens is 1. The number of rotatable bonds is 3. The minimum Gasteiger partial charge on any atom is -0.366 e. The first-order valence-electron chi connectivity index (χ1n) is 5.41. The Morgan fingerprint density at radius 1 is 1.44 bits per heavy atom. The van der Waals surface area contributed by atoms with Gasteiger partial charge in [-0.05, 0) is 36.2 Å². The summed E-state index contributed by atoms with van der Waals surface area (Å²) in [6.45, 7) is 2.49. The van der Waals surface area contributed by atoms with Gasteiger partial charge in [0.2, 0.25) is 5.28 Å². The quantitative estimate of drug-likeness (QED) is 0.860. The first-order chi connectivity index (χ1) is 8.69. The zero-order valence-corrected chi connectivity index (χ0v) is 10.6. The lowest BCUT2D eigenvalue weighted by Gasteiger charge is -2.08. The van der Waals surface area contributed by atoms with Gasteiger partial charge in [-0.25, -0.2) is 9.97 Å². The molecule has 2 rings (SSSR count). The van der Waals surface area contributed by atoms with Crippen molar-refractivity contribution in [3.63, 3.8) is 0 Å². The molecular weight excluding hydrogens is 248 g/mol. The molecule has 2 aromatic rings. The van der Waals surface area contributed by atoms with Crippen molar-refractivity contribution in [3.05, 3.63) is 52.4 Å². The van der Waals surface area contributed by atoms with Crippen LogP contribution in [-0.2, 0) is 6.54 Å². The van der Waals surface area contributed by atoms with Crippen LogP contribution in [0.5, 0.6) is 0 Å². The van der Waals surface area contributed by atoms with Crippen molar-refractivity contribution >= 4 is 17.4 Å². The summed E-state index contributed by atoms with van der Waals surface area (Å²) in [6.07, 6.45) is 1.67. The lowest BCUT2D eigenvalue weighted by molar-refractivity contribution is 1.06. The van der Waals surface area contributed by atoms with Crippen molar-refractivity contribution in [3.8, 4) is 6.07 Å². The molecule has 18 heavy (non-hydrogen) atoms. The molecule has 0 saturated heterocycles. The van der Waals surface area contributed by atoms with Crippen molar-refractivity contribution in [1.82, 2.24) is 9.97 Å². The largest absolute Gasteiger partial charge is 0.366 e. The van der Waals surface area contributed by atoms with Gasteiger partial charge < -0.3 is 5.32 Å². The average molecular weight is 259 g/mol. The standard InChI is InChI=1S/C13H11ClN4/c1-9-7-17-13(14)18-12(9)16-8-11-4-2-3-10(5-11)6-15/h2-5,7H,8H2,1H3,(H,16,17,18). The lowest BCUT2D eigenvalue weighted by Crippen LogP contribution is -2.04. The van der Waals surface area contributed by atoms with Gasteiger partial charge in [0.05, 0.1) is 11.6 Å². The fourth-order valence-corrected chi connectivity index (χ4v) is 1.67. The number of hydrogen-bond acceptors (Lipinski definition) is 4. The van der Waals surface area contributed by atoms with Crippen LogP contribution in [0, 0.1) is 18.3 Å². The normalized spacial score (nSPS) is 9.83. The van der Waals surface area contributed by atoms with E-state index in [2.05, 4.69) is 21.4 Å². The van der Waals surface area contributed by atoms with E-state index >= 15 is 0 Å². The van der Waals surface area contributed by atoms with E-state index in [1.807, 2.05) is 25.1 Å². The maximum absolute atomic E-state index is 8.82. The van der Waals surface area contributed by atoms with E-state index in [4.69, 9.17) is 16.9 Å². The highest BCUT2D eigenvalue weighted by Crippen LogP contribution is 2.14. The number of nitriles is 1. The summed E-state index contributed by atoms with van der Waals surface area (Å²) in [7, 11) is 0. The van der Waals surface area contributed by atoms with Gasteiger partial charge in [-0.1, -0.05) is 12.1 Å². The van der Waals surface area contributed by atoms with Crippen LogP contribution in [0.25, 0.3) is 0 Å². The Kier molecular flexibility index (Phi) is 3.75. The molecule has 90 valence electrons. The molecule has 4 nitrogen and oxygen atoms in total. The average Bonchev–Trinajstić information content (AvgIpc) is 2.40. The van der Waals surface area contributed by atoms with Gasteiger partial charge in [0, 0.05) is 18.3 Å². The van der Waals surface area contributed by atoms with Crippen LogP contribution in [0.4, 0.5) is 5.82 Å². The minimum atomic E-state index is 0.217. The number of nitrogens with one attached hydrogen (secondary N) is 1. The number of nitrogens with zero attached hydrogens (tertiary/aromatic N) is 3. The first kappa shape index (κ1) is 12.3. The van der Waals surface area contributed by atoms with Crippen LogP contribution >= 0.6 is 11.6 Å². The molecule has 0 bridgehead atoms. The Morgan fingerprint density at radius 3 is 3.06 bits per heavy atom. The molecule has 0 atom stereocenters. The Labute approximate surface area is 110 Å². The summed E-state index contributed by atoms with van der Waals surface area (Å²) < 4.78 is 0. The summed E-state index contributed by atoms with van der Waals surface area (Å²) >= 11 is 5.74. The molecule has 0 fully saturated rings. The van der Waals surface area contributed by atoms with E-state index in [1.54, 1.807) is 12.3 Å². The van der Waals surface area contributed by atoms with Crippen LogP contribution in [0.15, 0.2) is 30.5 Å². The molecule has 1 aromatic carbocycles. The van der Waals surface area contributed by atoms with E-state index < -0.39 is 0 Å². The van der Waals surface area contributed by atoms with Crippen molar-refractivity contribution < 1.29 is 0 Å². The maximum Gasteiger partial charge on any atom is 0.224 e. The lowest BCUT2D eigenvalue weighted by atomic mass is 10.1. The fraction of sp³-hybridized carbons (Fsp3) is 0.154. The fourth-order valence-electron chi connectivity index (χ4n) is 1.54. The van der Waals surface area contributed by atoms with Gasteiger partial charge in [0.15, 0.2) is 0 Å². The minimum absolute atomic E-state index is 0.217. The SMILES string of the molecule is Cc1cnc(Cl)nc1NCc1cccc(C#N)c1. The second-order valence-electron chi connectivity index (χ2n) is 3.84. The molecule has 1 N–H and O–H groups in total. The van der Waals surface area contributed by atoms with Crippen molar-refractivity contribution in [2.45, 2.75) is 13.5 Å². The molecule has 0 aliphatic rings.